The van der Waals surface area contributed by atoms with Gasteiger partial charge >= 0.3 is 0 Å². The van der Waals surface area contributed by atoms with Gasteiger partial charge in [-0.1, -0.05) is 18.2 Å². The van der Waals surface area contributed by atoms with Crippen molar-refractivity contribution in [2.24, 2.45) is 0 Å². The van der Waals surface area contributed by atoms with Crippen molar-refractivity contribution >= 4 is 33.5 Å². The molecule has 0 bridgehead atoms. The van der Waals surface area contributed by atoms with Crippen molar-refractivity contribution in [3.05, 3.63) is 97.4 Å². The largest absolute Gasteiger partial charge is 0.472 e. The zero-order valence-electron chi connectivity index (χ0n) is 20.0. The number of hydrogen-bond donors (Lipinski definition) is 3. The van der Waals surface area contributed by atoms with E-state index in [1.54, 1.807) is 55.3 Å². The first-order valence-electron chi connectivity index (χ1n) is 11.9. The Morgan fingerprint density at radius 1 is 0.923 bits per heavy atom. The molecule has 39 heavy (non-hydrogen) atoms. The predicted octanol–water partition coefficient (Wildman–Crippen LogP) is 5.61. The average Bonchev–Trinajstić information content (AvgIpc) is 3.73. The van der Waals surface area contributed by atoms with Gasteiger partial charge in [0.2, 0.25) is 0 Å². The summed E-state index contributed by atoms with van der Waals surface area (Å²) in [5.41, 5.74) is 4.96. The molecule has 10 nitrogen and oxygen atoms in total. The minimum Gasteiger partial charge on any atom is -0.472 e. The van der Waals surface area contributed by atoms with Gasteiger partial charge in [0.1, 0.15) is 16.9 Å². The van der Waals surface area contributed by atoms with E-state index in [4.69, 9.17) is 9.40 Å². The van der Waals surface area contributed by atoms with Gasteiger partial charge in [-0.05, 0) is 24.3 Å². The molecule has 11 heteroatoms. The molecule has 0 unspecified atom stereocenters. The van der Waals surface area contributed by atoms with E-state index in [0.29, 0.717) is 44.9 Å². The second-order valence-corrected chi connectivity index (χ2v) is 8.74. The number of nitrogens with zero attached hydrogens (tertiary/aromatic N) is 5. The van der Waals surface area contributed by atoms with Crippen molar-refractivity contribution in [1.82, 2.24) is 35.1 Å². The number of rotatable bonds is 5. The molecule has 0 aliphatic carbocycles. The zero-order valence-corrected chi connectivity index (χ0v) is 20.0. The highest BCUT2D eigenvalue weighted by molar-refractivity contribution is 6.04. The summed E-state index contributed by atoms with van der Waals surface area (Å²) in [6.45, 7) is 0. The topological polar surface area (TPSA) is 138 Å². The van der Waals surface area contributed by atoms with E-state index >= 15 is 4.39 Å². The van der Waals surface area contributed by atoms with Crippen LogP contribution in [0.15, 0.2) is 90.4 Å². The molecule has 0 atom stereocenters. The zero-order chi connectivity index (χ0) is 26.3. The Kier molecular flexibility index (Phi) is 5.18. The van der Waals surface area contributed by atoms with Crippen molar-refractivity contribution in [2.45, 2.75) is 0 Å². The predicted molar refractivity (Wildman–Crippen MR) is 142 cm³/mol. The van der Waals surface area contributed by atoms with Crippen LogP contribution in [0.3, 0.4) is 0 Å². The summed E-state index contributed by atoms with van der Waals surface area (Å²) < 4.78 is 21.3. The molecule has 188 valence electrons. The highest BCUT2D eigenvalue weighted by Crippen LogP contribution is 2.34. The maximum absolute atomic E-state index is 16.0. The van der Waals surface area contributed by atoms with Crippen molar-refractivity contribution in [3.8, 4) is 33.9 Å². The Balaban J connectivity index is 1.29. The second-order valence-electron chi connectivity index (χ2n) is 8.74. The molecule has 7 rings (SSSR count). The molecule has 0 spiro atoms. The summed E-state index contributed by atoms with van der Waals surface area (Å²) in [6.07, 6.45) is 11.0. The Bertz CT molecular complexity index is 1980. The highest BCUT2D eigenvalue weighted by Gasteiger charge is 2.22. The molecular formula is C28H17FN8O2. The number of aromatic nitrogens is 7. The molecule has 0 radical (unpaired) electrons. The lowest BCUT2D eigenvalue weighted by molar-refractivity contribution is 0.102. The number of amides is 1. The van der Waals surface area contributed by atoms with Gasteiger partial charge in [-0.15, -0.1) is 0 Å². The van der Waals surface area contributed by atoms with Crippen LogP contribution in [0.2, 0.25) is 0 Å². The van der Waals surface area contributed by atoms with E-state index in [0.717, 1.165) is 11.1 Å². The van der Waals surface area contributed by atoms with E-state index in [-0.39, 0.29) is 17.0 Å². The van der Waals surface area contributed by atoms with Crippen LogP contribution in [-0.4, -0.2) is 41.0 Å². The lowest BCUT2D eigenvalue weighted by Crippen LogP contribution is -2.11. The molecule has 6 heterocycles. The van der Waals surface area contributed by atoms with Crippen LogP contribution in [0.1, 0.15) is 10.4 Å². The molecule has 1 amide bonds. The Hall–Kier alpha value is -5.71. The number of aromatic amines is 2. The minimum absolute atomic E-state index is 0.0605. The molecule has 7 aromatic rings. The van der Waals surface area contributed by atoms with Crippen LogP contribution in [0.25, 0.3) is 55.8 Å². The number of halogens is 1. The number of nitrogens with one attached hydrogen (secondary N) is 3. The van der Waals surface area contributed by atoms with Crippen LogP contribution in [0, 0.1) is 5.82 Å². The molecule has 0 saturated carbocycles. The van der Waals surface area contributed by atoms with Crippen molar-refractivity contribution in [2.75, 3.05) is 5.32 Å². The summed E-state index contributed by atoms with van der Waals surface area (Å²) in [7, 11) is 0. The summed E-state index contributed by atoms with van der Waals surface area (Å²) >= 11 is 0. The summed E-state index contributed by atoms with van der Waals surface area (Å²) in [4.78, 5) is 33.3. The Morgan fingerprint density at radius 3 is 2.64 bits per heavy atom. The molecule has 0 saturated heterocycles. The number of carbonyl (C=O) groups is 1. The van der Waals surface area contributed by atoms with Crippen LogP contribution in [0.4, 0.5) is 10.1 Å². The number of pyridine rings is 3. The van der Waals surface area contributed by atoms with Gasteiger partial charge in [-0.3, -0.25) is 24.8 Å². The third-order valence-corrected chi connectivity index (χ3v) is 6.30. The molecule has 3 N–H and O–H groups in total. The number of furan rings is 1. The number of benzene rings is 1. The Morgan fingerprint density at radius 2 is 1.79 bits per heavy atom. The first-order chi connectivity index (χ1) is 19.2. The smallest absolute Gasteiger partial charge is 0.255 e. The fourth-order valence-electron chi connectivity index (χ4n) is 4.45. The number of fused-ring (bicyclic) bond motifs is 2. The van der Waals surface area contributed by atoms with Gasteiger partial charge in [0.05, 0.1) is 53.2 Å². The van der Waals surface area contributed by atoms with Crippen LogP contribution in [-0.2, 0) is 0 Å². The van der Waals surface area contributed by atoms with E-state index in [1.807, 2.05) is 12.1 Å². The highest BCUT2D eigenvalue weighted by atomic mass is 19.1. The minimum atomic E-state index is -0.599. The molecule has 1 aromatic carbocycles. The monoisotopic (exact) mass is 516 g/mol. The molecule has 0 aliphatic rings. The number of H-pyrrole nitrogens is 2. The van der Waals surface area contributed by atoms with Gasteiger partial charge in [0.25, 0.3) is 5.91 Å². The number of imidazole rings is 1. The van der Waals surface area contributed by atoms with Crippen LogP contribution < -0.4 is 5.32 Å². The van der Waals surface area contributed by atoms with E-state index in [1.165, 1.54) is 18.6 Å². The van der Waals surface area contributed by atoms with Gasteiger partial charge in [0.15, 0.2) is 11.6 Å². The number of carbonyl (C=O) groups excluding carboxylic acids is 1. The maximum Gasteiger partial charge on any atom is 0.255 e. The van der Waals surface area contributed by atoms with Gasteiger partial charge < -0.3 is 14.7 Å². The number of anilines is 1. The van der Waals surface area contributed by atoms with Crippen LogP contribution >= 0.6 is 0 Å². The quantitative estimate of drug-likeness (QED) is 0.270. The van der Waals surface area contributed by atoms with E-state index in [2.05, 4.69) is 35.5 Å². The van der Waals surface area contributed by atoms with E-state index in [9.17, 15) is 4.79 Å². The summed E-state index contributed by atoms with van der Waals surface area (Å²) in [5, 5.41) is 10.2. The fourth-order valence-corrected chi connectivity index (χ4v) is 4.45. The molecule has 6 aromatic heterocycles. The van der Waals surface area contributed by atoms with E-state index < -0.39 is 5.82 Å². The average molecular weight is 516 g/mol. The SMILES string of the molecule is O=C(Nc1cncc(-c2ncc3[nH]nc(-c4nc5c(-c6ccoc6)cncc5[nH]4)c3c2F)c1)c1ccccc1. The standard InChI is InChI=1S/C28H17FN8O2/c29-23-22-20(13-32-24(23)17-8-18(10-30-9-17)33-28(38)15-4-2-1-3-5-15)36-37-26(22)27-34-21-12-31-11-19(25(21)35-27)16-6-7-39-14-16/h1-14H,(H,33,38)(H,34,35)(H,36,37). The number of hydrogen-bond acceptors (Lipinski definition) is 7. The molecule has 0 fully saturated rings. The Labute approximate surface area is 219 Å². The van der Waals surface area contributed by atoms with Crippen molar-refractivity contribution in [1.29, 1.82) is 0 Å². The third kappa shape index (κ3) is 3.89. The maximum atomic E-state index is 16.0. The van der Waals surface area contributed by atoms with Crippen LogP contribution in [0.5, 0.6) is 0 Å². The van der Waals surface area contributed by atoms with Crippen molar-refractivity contribution in [3.63, 3.8) is 0 Å². The van der Waals surface area contributed by atoms with Gasteiger partial charge in [-0.25, -0.2) is 9.37 Å². The normalized spacial score (nSPS) is 11.3. The summed E-state index contributed by atoms with van der Waals surface area (Å²) in [6, 6.07) is 12.2. The molecular weight excluding hydrogens is 499 g/mol. The van der Waals surface area contributed by atoms with Crippen molar-refractivity contribution < 1.29 is 13.6 Å². The lowest BCUT2D eigenvalue weighted by atomic mass is 10.1. The van der Waals surface area contributed by atoms with Gasteiger partial charge in [-0.2, -0.15) is 5.10 Å². The molecule has 0 aliphatic heterocycles. The third-order valence-electron chi connectivity index (χ3n) is 6.30. The lowest BCUT2D eigenvalue weighted by Gasteiger charge is -2.08. The first-order valence-corrected chi connectivity index (χ1v) is 11.9. The summed E-state index contributed by atoms with van der Waals surface area (Å²) in [5.74, 6) is -0.532. The first kappa shape index (κ1) is 22.5. The fraction of sp³-hybridized carbons (Fsp3) is 0. The van der Waals surface area contributed by atoms with Gasteiger partial charge in [0, 0.05) is 34.6 Å². The second kappa shape index (κ2) is 8.99.